The minimum Gasteiger partial charge on any atom is -0.326 e. The quantitative estimate of drug-likeness (QED) is 0.841. The van der Waals surface area contributed by atoms with E-state index in [0.717, 1.165) is 24.2 Å². The van der Waals surface area contributed by atoms with Gasteiger partial charge >= 0.3 is 0 Å². The van der Waals surface area contributed by atoms with Gasteiger partial charge in [0.05, 0.1) is 0 Å². The van der Waals surface area contributed by atoms with E-state index >= 15 is 0 Å². The maximum atomic E-state index is 11.8. The second-order valence-corrected chi connectivity index (χ2v) is 4.44. The van der Waals surface area contributed by atoms with E-state index in [9.17, 15) is 9.59 Å². The lowest BCUT2D eigenvalue weighted by Gasteiger charge is -2.11. The van der Waals surface area contributed by atoms with Crippen LogP contribution in [0.15, 0.2) is 24.3 Å². The number of anilines is 2. The van der Waals surface area contributed by atoms with Gasteiger partial charge < -0.3 is 10.6 Å². The number of hydrogen-bond acceptors (Lipinski definition) is 2. The van der Waals surface area contributed by atoms with Gasteiger partial charge in [0, 0.05) is 24.2 Å². The monoisotopic (exact) mass is 248 g/mol. The SMILES string of the molecule is CCC[C@H](C)C(=O)Nc1ccc(NC(C)=O)cc1. The van der Waals surface area contributed by atoms with Crippen molar-refractivity contribution in [2.45, 2.75) is 33.6 Å². The predicted molar refractivity (Wildman–Crippen MR) is 73.4 cm³/mol. The van der Waals surface area contributed by atoms with E-state index in [1.165, 1.54) is 6.92 Å². The molecule has 0 saturated carbocycles. The Morgan fingerprint density at radius 1 is 1.11 bits per heavy atom. The average molecular weight is 248 g/mol. The second kappa shape index (κ2) is 6.79. The van der Waals surface area contributed by atoms with Crippen LogP contribution in [0.3, 0.4) is 0 Å². The first-order valence-corrected chi connectivity index (χ1v) is 6.21. The number of rotatable bonds is 5. The number of carbonyl (C=O) groups is 2. The molecule has 0 fully saturated rings. The van der Waals surface area contributed by atoms with E-state index in [1.54, 1.807) is 24.3 Å². The first-order valence-electron chi connectivity index (χ1n) is 6.21. The molecule has 0 aliphatic heterocycles. The molecule has 98 valence electrons. The Morgan fingerprint density at radius 3 is 2.06 bits per heavy atom. The molecular weight excluding hydrogens is 228 g/mol. The number of carbonyl (C=O) groups excluding carboxylic acids is 2. The summed E-state index contributed by atoms with van der Waals surface area (Å²) in [5.74, 6) is -0.0579. The highest BCUT2D eigenvalue weighted by atomic mass is 16.2. The fourth-order valence-electron chi connectivity index (χ4n) is 1.67. The van der Waals surface area contributed by atoms with E-state index in [4.69, 9.17) is 0 Å². The molecule has 4 nitrogen and oxygen atoms in total. The molecule has 0 unspecified atom stereocenters. The van der Waals surface area contributed by atoms with Crippen LogP contribution in [-0.4, -0.2) is 11.8 Å². The molecule has 0 aliphatic carbocycles. The van der Waals surface area contributed by atoms with E-state index in [-0.39, 0.29) is 17.7 Å². The second-order valence-electron chi connectivity index (χ2n) is 4.44. The lowest BCUT2D eigenvalue weighted by Crippen LogP contribution is -2.20. The fraction of sp³-hybridized carbons (Fsp3) is 0.429. The molecule has 0 spiro atoms. The van der Waals surface area contributed by atoms with Crippen molar-refractivity contribution in [3.05, 3.63) is 24.3 Å². The minimum absolute atomic E-state index is 0.0185. The highest BCUT2D eigenvalue weighted by Gasteiger charge is 2.11. The van der Waals surface area contributed by atoms with Gasteiger partial charge in [-0.25, -0.2) is 0 Å². The molecule has 0 heterocycles. The van der Waals surface area contributed by atoms with Crippen LogP contribution in [0.5, 0.6) is 0 Å². The molecule has 1 rings (SSSR count). The van der Waals surface area contributed by atoms with E-state index in [1.807, 2.05) is 6.92 Å². The third-order valence-corrected chi connectivity index (χ3v) is 2.64. The summed E-state index contributed by atoms with van der Waals surface area (Å²) >= 11 is 0. The van der Waals surface area contributed by atoms with Crippen molar-refractivity contribution in [2.24, 2.45) is 5.92 Å². The number of hydrogen-bond donors (Lipinski definition) is 2. The van der Waals surface area contributed by atoms with Crippen LogP contribution in [0.2, 0.25) is 0 Å². The van der Waals surface area contributed by atoms with Gasteiger partial charge in [0.25, 0.3) is 0 Å². The van der Waals surface area contributed by atoms with Crippen molar-refractivity contribution in [3.63, 3.8) is 0 Å². The molecule has 4 heteroatoms. The zero-order valence-electron chi connectivity index (χ0n) is 11.1. The zero-order valence-corrected chi connectivity index (χ0v) is 11.1. The first kappa shape index (κ1) is 14.2. The standard InChI is InChI=1S/C14H20N2O2/c1-4-5-10(2)14(18)16-13-8-6-12(7-9-13)15-11(3)17/h6-10H,4-5H2,1-3H3,(H,15,17)(H,16,18)/t10-/m0/s1. The Labute approximate surface area is 108 Å². The molecule has 0 bridgehead atoms. The number of nitrogens with one attached hydrogen (secondary N) is 2. The molecule has 0 aromatic heterocycles. The summed E-state index contributed by atoms with van der Waals surface area (Å²) in [7, 11) is 0. The Balaban J connectivity index is 2.58. The van der Waals surface area contributed by atoms with Crippen LogP contribution in [0.4, 0.5) is 11.4 Å². The number of amides is 2. The summed E-state index contributed by atoms with van der Waals surface area (Å²) in [5.41, 5.74) is 1.47. The predicted octanol–water partition coefficient (Wildman–Crippen LogP) is 3.02. The molecular formula is C14H20N2O2. The van der Waals surface area contributed by atoms with E-state index < -0.39 is 0 Å². The third kappa shape index (κ3) is 4.57. The van der Waals surface area contributed by atoms with Gasteiger partial charge in [-0.15, -0.1) is 0 Å². The molecule has 1 aromatic carbocycles. The van der Waals surface area contributed by atoms with Gasteiger partial charge in [-0.2, -0.15) is 0 Å². The topological polar surface area (TPSA) is 58.2 Å². The summed E-state index contributed by atoms with van der Waals surface area (Å²) in [6.45, 7) is 5.44. The third-order valence-electron chi connectivity index (χ3n) is 2.64. The largest absolute Gasteiger partial charge is 0.326 e. The molecule has 1 atom stereocenters. The van der Waals surface area contributed by atoms with Gasteiger partial charge in [0.15, 0.2) is 0 Å². The Bertz CT molecular complexity index is 412. The summed E-state index contributed by atoms with van der Waals surface area (Å²) in [6.07, 6.45) is 1.88. The summed E-state index contributed by atoms with van der Waals surface area (Å²) in [5, 5.41) is 5.53. The van der Waals surface area contributed by atoms with Gasteiger partial charge in [0.1, 0.15) is 0 Å². The Hall–Kier alpha value is -1.84. The average Bonchev–Trinajstić information content (AvgIpc) is 2.31. The van der Waals surface area contributed by atoms with Crippen molar-refractivity contribution >= 4 is 23.2 Å². The molecule has 0 saturated heterocycles. The lowest BCUT2D eigenvalue weighted by molar-refractivity contribution is -0.119. The lowest BCUT2D eigenvalue weighted by atomic mass is 10.1. The van der Waals surface area contributed by atoms with Crippen LogP contribution < -0.4 is 10.6 Å². The van der Waals surface area contributed by atoms with E-state index in [0.29, 0.717) is 0 Å². The Morgan fingerprint density at radius 2 is 1.61 bits per heavy atom. The zero-order chi connectivity index (χ0) is 13.5. The Kier molecular flexibility index (Phi) is 5.36. The maximum Gasteiger partial charge on any atom is 0.227 e. The van der Waals surface area contributed by atoms with Gasteiger partial charge in [-0.3, -0.25) is 9.59 Å². The molecule has 0 aliphatic rings. The number of benzene rings is 1. The summed E-state index contributed by atoms with van der Waals surface area (Å²) < 4.78 is 0. The maximum absolute atomic E-state index is 11.8. The minimum atomic E-state index is -0.108. The van der Waals surface area contributed by atoms with Crippen LogP contribution in [-0.2, 0) is 9.59 Å². The summed E-state index contributed by atoms with van der Waals surface area (Å²) in [6, 6.07) is 7.09. The molecule has 0 radical (unpaired) electrons. The molecule has 2 amide bonds. The molecule has 1 aromatic rings. The van der Waals surface area contributed by atoms with Crippen molar-refractivity contribution < 1.29 is 9.59 Å². The van der Waals surface area contributed by atoms with Gasteiger partial charge in [-0.05, 0) is 30.7 Å². The first-order chi connectivity index (χ1) is 8.52. The highest BCUT2D eigenvalue weighted by Crippen LogP contribution is 2.15. The summed E-state index contributed by atoms with van der Waals surface area (Å²) in [4.78, 5) is 22.6. The highest BCUT2D eigenvalue weighted by molar-refractivity contribution is 5.93. The smallest absolute Gasteiger partial charge is 0.227 e. The van der Waals surface area contributed by atoms with Crippen LogP contribution in [0, 0.1) is 5.92 Å². The van der Waals surface area contributed by atoms with E-state index in [2.05, 4.69) is 17.6 Å². The molecule has 2 N–H and O–H groups in total. The van der Waals surface area contributed by atoms with Crippen LogP contribution in [0.1, 0.15) is 33.6 Å². The normalized spacial score (nSPS) is 11.7. The van der Waals surface area contributed by atoms with Crippen molar-refractivity contribution in [1.29, 1.82) is 0 Å². The van der Waals surface area contributed by atoms with Crippen molar-refractivity contribution in [3.8, 4) is 0 Å². The van der Waals surface area contributed by atoms with Crippen LogP contribution >= 0.6 is 0 Å². The van der Waals surface area contributed by atoms with Crippen molar-refractivity contribution in [1.82, 2.24) is 0 Å². The van der Waals surface area contributed by atoms with Gasteiger partial charge in [0.2, 0.25) is 11.8 Å². The van der Waals surface area contributed by atoms with Crippen LogP contribution in [0.25, 0.3) is 0 Å². The fourth-order valence-corrected chi connectivity index (χ4v) is 1.67. The molecule has 18 heavy (non-hydrogen) atoms. The van der Waals surface area contributed by atoms with Gasteiger partial charge in [-0.1, -0.05) is 20.3 Å². The van der Waals surface area contributed by atoms with Crippen molar-refractivity contribution in [2.75, 3.05) is 10.6 Å².